The zero-order valence-corrected chi connectivity index (χ0v) is 13.9. The number of aromatic nitrogens is 2. The number of nitrogens with two attached hydrogens (primary N) is 1. The number of aliphatic hydroxyl groups excluding tert-OH is 1. The van der Waals surface area contributed by atoms with E-state index in [9.17, 15) is 17.9 Å². The number of hydrogen-bond donors (Lipinski definition) is 3. The van der Waals surface area contributed by atoms with Crippen molar-refractivity contribution in [3.05, 3.63) is 48.0 Å². The molecule has 2 rings (SSSR count). The average Bonchev–Trinajstić information content (AvgIpc) is 2.58. The van der Waals surface area contributed by atoms with Crippen LogP contribution in [0.5, 0.6) is 0 Å². The fourth-order valence-electron chi connectivity index (χ4n) is 2.00. The summed E-state index contributed by atoms with van der Waals surface area (Å²) in [7, 11) is -3.30. The number of rotatable bonds is 7. The van der Waals surface area contributed by atoms with Gasteiger partial charge in [-0.1, -0.05) is 24.3 Å². The zero-order valence-electron chi connectivity index (χ0n) is 13.1. The minimum Gasteiger partial charge on any atom is -0.387 e. The summed E-state index contributed by atoms with van der Waals surface area (Å²) in [6.45, 7) is -0.787. The Morgan fingerprint density at radius 1 is 1.21 bits per heavy atom. The first-order chi connectivity index (χ1) is 11.3. The minimum atomic E-state index is -3.30. The Bertz CT molecular complexity index is 766. The number of aliphatic hydroxyl groups is 1. The van der Waals surface area contributed by atoms with Crippen molar-refractivity contribution in [3.63, 3.8) is 0 Å². The summed E-state index contributed by atoms with van der Waals surface area (Å²) in [4.78, 5) is 8.20. The van der Waals surface area contributed by atoms with Crippen LogP contribution in [0.15, 0.2) is 36.7 Å². The zero-order chi connectivity index (χ0) is 17.7. The van der Waals surface area contributed by atoms with Gasteiger partial charge in [-0.2, -0.15) is 0 Å². The highest BCUT2D eigenvalue weighted by Crippen LogP contribution is 2.22. The van der Waals surface area contributed by atoms with Gasteiger partial charge in [0.2, 0.25) is 10.0 Å². The molecule has 4 N–H and O–H groups in total. The molecule has 0 aliphatic carbocycles. The van der Waals surface area contributed by atoms with Gasteiger partial charge >= 0.3 is 0 Å². The molecule has 0 aliphatic heterocycles. The first-order valence-corrected chi connectivity index (χ1v) is 9.05. The number of benzene rings is 1. The Balaban J connectivity index is 2.09. The molecule has 2 atom stereocenters. The van der Waals surface area contributed by atoms with E-state index >= 15 is 0 Å². The molecule has 9 heteroatoms. The van der Waals surface area contributed by atoms with E-state index < -0.39 is 28.8 Å². The van der Waals surface area contributed by atoms with Crippen molar-refractivity contribution in [1.82, 2.24) is 14.7 Å². The average molecular weight is 354 g/mol. The molecule has 0 bridgehead atoms. The van der Waals surface area contributed by atoms with Crippen molar-refractivity contribution in [3.8, 4) is 11.1 Å². The van der Waals surface area contributed by atoms with Gasteiger partial charge in [0.1, 0.15) is 12.5 Å². The predicted octanol–water partition coefficient (Wildman–Crippen LogP) is 0.523. The van der Waals surface area contributed by atoms with Gasteiger partial charge in [-0.3, -0.25) is 0 Å². The topological polar surface area (TPSA) is 118 Å². The summed E-state index contributed by atoms with van der Waals surface area (Å²) in [6, 6.07) is 5.86. The lowest BCUT2D eigenvalue weighted by Crippen LogP contribution is -2.30. The highest BCUT2D eigenvalue weighted by molar-refractivity contribution is 7.88. The standard InChI is InChI=1S/C15H19FN4O3S/c1-24(22,23)20-9-14-18-7-12(8-19-14)10-2-4-11(5-3-10)15(21)13(17)6-16/h2-5,7-8,13,15,20-21H,6,9,17H2,1H3/t13-,15-/m1/s1. The fraction of sp³-hybridized carbons (Fsp3) is 0.333. The Kier molecular flexibility index (Phi) is 5.94. The Morgan fingerprint density at radius 3 is 2.29 bits per heavy atom. The van der Waals surface area contributed by atoms with Crippen molar-refractivity contribution < 1.29 is 17.9 Å². The molecule has 1 aromatic carbocycles. The molecule has 0 aliphatic rings. The van der Waals surface area contributed by atoms with Crippen LogP contribution in [-0.4, -0.2) is 42.5 Å². The number of halogens is 1. The van der Waals surface area contributed by atoms with Crippen LogP contribution in [0.2, 0.25) is 0 Å². The molecule has 0 saturated heterocycles. The molecular weight excluding hydrogens is 335 g/mol. The van der Waals surface area contributed by atoms with Crippen LogP contribution >= 0.6 is 0 Å². The SMILES string of the molecule is CS(=O)(=O)NCc1ncc(-c2ccc([C@@H](O)[C@H](N)CF)cc2)cn1. The van der Waals surface area contributed by atoms with Crippen molar-refractivity contribution >= 4 is 10.0 Å². The second kappa shape index (κ2) is 7.75. The molecular formula is C15H19FN4O3S. The molecule has 0 fully saturated rings. The first-order valence-electron chi connectivity index (χ1n) is 7.15. The van der Waals surface area contributed by atoms with Gasteiger partial charge in [0.05, 0.1) is 24.9 Å². The summed E-state index contributed by atoms with van der Waals surface area (Å²) in [5.41, 5.74) is 7.54. The smallest absolute Gasteiger partial charge is 0.209 e. The fourth-order valence-corrected chi connectivity index (χ4v) is 2.39. The molecule has 2 aromatic rings. The lowest BCUT2D eigenvalue weighted by Gasteiger charge is -2.16. The molecule has 0 radical (unpaired) electrons. The quantitative estimate of drug-likeness (QED) is 0.667. The lowest BCUT2D eigenvalue weighted by molar-refractivity contribution is 0.132. The van der Waals surface area contributed by atoms with Crippen molar-refractivity contribution in [2.75, 3.05) is 12.9 Å². The molecule has 24 heavy (non-hydrogen) atoms. The van der Waals surface area contributed by atoms with E-state index in [2.05, 4.69) is 14.7 Å². The number of alkyl halides is 1. The van der Waals surface area contributed by atoms with Crippen LogP contribution in [-0.2, 0) is 16.6 Å². The van der Waals surface area contributed by atoms with Crippen molar-refractivity contribution in [1.29, 1.82) is 0 Å². The number of nitrogens with zero attached hydrogens (tertiary/aromatic N) is 2. The third-order valence-electron chi connectivity index (χ3n) is 3.37. The molecule has 0 saturated carbocycles. The van der Waals surface area contributed by atoms with Gasteiger partial charge < -0.3 is 10.8 Å². The van der Waals surface area contributed by atoms with Crippen LogP contribution in [0.4, 0.5) is 4.39 Å². The summed E-state index contributed by atoms with van der Waals surface area (Å²) >= 11 is 0. The minimum absolute atomic E-state index is 0.0192. The van der Waals surface area contributed by atoms with Gasteiger partial charge in [0.15, 0.2) is 0 Å². The van der Waals surface area contributed by atoms with Gasteiger partial charge in [-0.25, -0.2) is 27.5 Å². The molecule has 130 valence electrons. The molecule has 1 aromatic heterocycles. The summed E-state index contributed by atoms with van der Waals surface area (Å²) < 4.78 is 36.9. The van der Waals surface area contributed by atoms with Crippen LogP contribution in [0.25, 0.3) is 11.1 Å². The molecule has 1 heterocycles. The maximum Gasteiger partial charge on any atom is 0.209 e. The van der Waals surface area contributed by atoms with Crippen molar-refractivity contribution in [2.24, 2.45) is 5.73 Å². The van der Waals surface area contributed by atoms with Crippen LogP contribution in [0.3, 0.4) is 0 Å². The monoisotopic (exact) mass is 354 g/mol. The van der Waals surface area contributed by atoms with Crippen LogP contribution in [0.1, 0.15) is 17.5 Å². The Hall–Kier alpha value is -1.94. The lowest BCUT2D eigenvalue weighted by atomic mass is 10.0. The van der Waals surface area contributed by atoms with E-state index in [1.165, 1.54) is 0 Å². The highest BCUT2D eigenvalue weighted by Gasteiger charge is 2.16. The second-order valence-corrected chi connectivity index (χ2v) is 7.20. The predicted molar refractivity (Wildman–Crippen MR) is 88.1 cm³/mol. The highest BCUT2D eigenvalue weighted by atomic mass is 32.2. The molecule has 0 unspecified atom stereocenters. The summed E-state index contributed by atoms with van der Waals surface area (Å²) in [6.07, 6.45) is 3.15. The third-order valence-corrected chi connectivity index (χ3v) is 4.04. The van der Waals surface area contributed by atoms with E-state index in [1.807, 2.05) is 0 Å². The van der Waals surface area contributed by atoms with Crippen LogP contribution in [0, 0.1) is 0 Å². The van der Waals surface area contributed by atoms with Crippen molar-refractivity contribution in [2.45, 2.75) is 18.7 Å². The number of hydrogen-bond acceptors (Lipinski definition) is 6. The van der Waals surface area contributed by atoms with Gasteiger partial charge in [0.25, 0.3) is 0 Å². The van der Waals surface area contributed by atoms with Crippen LogP contribution < -0.4 is 10.5 Å². The normalized spacial score (nSPS) is 14.3. The molecule has 7 nitrogen and oxygen atoms in total. The second-order valence-electron chi connectivity index (χ2n) is 5.37. The Labute approximate surface area is 139 Å². The van der Waals surface area contributed by atoms with E-state index in [0.717, 1.165) is 17.4 Å². The summed E-state index contributed by atoms with van der Waals surface area (Å²) in [5.74, 6) is 0.352. The maximum atomic E-state index is 12.5. The van der Waals surface area contributed by atoms with Gasteiger partial charge in [0, 0.05) is 18.0 Å². The Morgan fingerprint density at radius 2 is 1.79 bits per heavy atom. The molecule has 0 amide bonds. The van der Waals surface area contributed by atoms with Gasteiger partial charge in [-0.05, 0) is 11.1 Å². The largest absolute Gasteiger partial charge is 0.387 e. The van der Waals surface area contributed by atoms with Gasteiger partial charge in [-0.15, -0.1) is 0 Å². The van der Waals surface area contributed by atoms with E-state index in [0.29, 0.717) is 11.4 Å². The van der Waals surface area contributed by atoms with E-state index in [4.69, 9.17) is 5.73 Å². The number of nitrogens with one attached hydrogen (secondary N) is 1. The van der Waals surface area contributed by atoms with E-state index in [-0.39, 0.29) is 6.54 Å². The summed E-state index contributed by atoms with van der Waals surface area (Å²) in [5, 5.41) is 9.87. The third kappa shape index (κ3) is 5.03. The first kappa shape index (κ1) is 18.4. The number of sulfonamides is 1. The molecule has 0 spiro atoms. The van der Waals surface area contributed by atoms with E-state index in [1.54, 1.807) is 36.7 Å². The maximum absolute atomic E-state index is 12.5.